The van der Waals surface area contributed by atoms with E-state index < -0.39 is 15.9 Å². The molecule has 2 aromatic carbocycles. The van der Waals surface area contributed by atoms with Crippen LogP contribution in [0.25, 0.3) is 0 Å². The van der Waals surface area contributed by atoms with Crippen molar-refractivity contribution in [2.24, 2.45) is 0 Å². The molecule has 10 heteroatoms. The number of benzene rings is 2. The van der Waals surface area contributed by atoms with Crippen molar-refractivity contribution in [2.45, 2.75) is 39.2 Å². The van der Waals surface area contributed by atoms with E-state index in [-0.39, 0.29) is 36.3 Å². The summed E-state index contributed by atoms with van der Waals surface area (Å²) < 4.78 is 32.2. The van der Waals surface area contributed by atoms with Crippen LogP contribution in [0.15, 0.2) is 48.5 Å². The highest BCUT2D eigenvalue weighted by atomic mass is 32.2. The standard InChI is InChI=1S/C26H31N3O6S/c1-2-17-36(33,34)29(16-6-15-27-14-5-9-24(27)30)26(32)21-12-10-20(11-13-21)18-28-22-7-3-4-8-23(22)35-19-25(28)31/h3-4,7-8,10-13H,2,5-6,9,14-19H2,1H3. The van der Waals surface area contributed by atoms with Gasteiger partial charge in [-0.25, -0.2) is 12.7 Å². The van der Waals surface area contributed by atoms with E-state index in [0.29, 0.717) is 50.3 Å². The topological polar surface area (TPSA) is 104 Å². The number of nitrogens with zero attached hydrogens (tertiary/aromatic N) is 3. The summed E-state index contributed by atoms with van der Waals surface area (Å²) in [6.45, 7) is 3.13. The highest BCUT2D eigenvalue weighted by Gasteiger charge is 2.29. The summed E-state index contributed by atoms with van der Waals surface area (Å²) in [6, 6.07) is 13.9. The molecule has 2 aromatic rings. The third kappa shape index (κ3) is 5.70. The largest absolute Gasteiger partial charge is 0.482 e. The maximum Gasteiger partial charge on any atom is 0.267 e. The Morgan fingerprint density at radius 2 is 1.81 bits per heavy atom. The predicted octanol–water partition coefficient (Wildman–Crippen LogP) is 2.81. The number of hydrogen-bond acceptors (Lipinski definition) is 6. The van der Waals surface area contributed by atoms with Gasteiger partial charge >= 0.3 is 0 Å². The summed E-state index contributed by atoms with van der Waals surface area (Å²) in [5, 5.41) is 0. The zero-order valence-electron chi connectivity index (χ0n) is 20.4. The van der Waals surface area contributed by atoms with Crippen LogP contribution in [0.3, 0.4) is 0 Å². The van der Waals surface area contributed by atoms with Crippen LogP contribution in [-0.2, 0) is 26.2 Å². The first-order valence-corrected chi connectivity index (χ1v) is 13.8. The molecule has 0 atom stereocenters. The Balaban J connectivity index is 1.47. The zero-order chi connectivity index (χ0) is 25.7. The van der Waals surface area contributed by atoms with Crippen molar-refractivity contribution in [1.29, 1.82) is 0 Å². The number of amides is 3. The van der Waals surface area contributed by atoms with Gasteiger partial charge in [0, 0.05) is 31.6 Å². The van der Waals surface area contributed by atoms with Gasteiger partial charge < -0.3 is 14.5 Å². The van der Waals surface area contributed by atoms with Crippen molar-refractivity contribution in [3.63, 3.8) is 0 Å². The number of likely N-dealkylation sites (tertiary alicyclic amines) is 1. The molecular weight excluding hydrogens is 482 g/mol. The molecule has 2 aliphatic rings. The number of para-hydroxylation sites is 2. The van der Waals surface area contributed by atoms with Crippen molar-refractivity contribution in [1.82, 2.24) is 9.21 Å². The average Bonchev–Trinajstić information content (AvgIpc) is 3.28. The monoisotopic (exact) mass is 513 g/mol. The maximum atomic E-state index is 13.3. The molecule has 2 aliphatic heterocycles. The molecule has 1 fully saturated rings. The van der Waals surface area contributed by atoms with Gasteiger partial charge in [0.2, 0.25) is 15.9 Å². The van der Waals surface area contributed by atoms with Gasteiger partial charge in [0.25, 0.3) is 11.8 Å². The van der Waals surface area contributed by atoms with Crippen molar-refractivity contribution in [2.75, 3.05) is 36.9 Å². The third-order valence-corrected chi connectivity index (χ3v) is 8.28. The fraction of sp³-hybridized carbons (Fsp3) is 0.423. The van der Waals surface area contributed by atoms with E-state index in [1.54, 1.807) is 41.0 Å². The molecule has 0 bridgehead atoms. The minimum atomic E-state index is -3.79. The van der Waals surface area contributed by atoms with E-state index in [2.05, 4.69) is 0 Å². The molecule has 0 saturated carbocycles. The van der Waals surface area contributed by atoms with E-state index in [9.17, 15) is 22.8 Å². The van der Waals surface area contributed by atoms with Gasteiger partial charge in [-0.3, -0.25) is 14.4 Å². The fourth-order valence-corrected chi connectivity index (χ4v) is 5.99. The smallest absolute Gasteiger partial charge is 0.267 e. The van der Waals surface area contributed by atoms with E-state index in [4.69, 9.17) is 4.74 Å². The second kappa shape index (κ2) is 11.1. The molecule has 9 nitrogen and oxygen atoms in total. The van der Waals surface area contributed by atoms with Crippen molar-refractivity contribution < 1.29 is 27.5 Å². The Morgan fingerprint density at radius 3 is 2.50 bits per heavy atom. The Labute approximate surface area is 211 Å². The molecule has 4 rings (SSSR count). The number of carbonyl (C=O) groups excluding carboxylic acids is 3. The molecular formula is C26H31N3O6S. The number of rotatable bonds is 10. The molecule has 3 amide bonds. The highest BCUT2D eigenvalue weighted by molar-refractivity contribution is 7.89. The average molecular weight is 514 g/mol. The molecule has 0 radical (unpaired) electrons. The SMILES string of the molecule is CCCS(=O)(=O)N(CCCN1CCCC1=O)C(=O)c1ccc(CN2C(=O)COc3ccccc32)cc1. The van der Waals surface area contributed by atoms with E-state index >= 15 is 0 Å². The van der Waals surface area contributed by atoms with Gasteiger partial charge in [-0.2, -0.15) is 0 Å². The van der Waals surface area contributed by atoms with Crippen LogP contribution in [0, 0.1) is 0 Å². The van der Waals surface area contributed by atoms with E-state index in [1.807, 2.05) is 24.3 Å². The van der Waals surface area contributed by atoms with Gasteiger partial charge in [0.1, 0.15) is 5.75 Å². The quantitative estimate of drug-likeness (QED) is 0.484. The second-order valence-electron chi connectivity index (χ2n) is 8.96. The molecule has 0 aromatic heterocycles. The first-order valence-electron chi connectivity index (χ1n) is 12.2. The first kappa shape index (κ1) is 25.7. The number of anilines is 1. The number of sulfonamides is 1. The fourth-order valence-electron chi connectivity index (χ4n) is 4.49. The minimum Gasteiger partial charge on any atom is -0.482 e. The van der Waals surface area contributed by atoms with E-state index in [0.717, 1.165) is 16.3 Å². The molecule has 36 heavy (non-hydrogen) atoms. The Morgan fingerprint density at radius 1 is 1.06 bits per heavy atom. The molecule has 0 spiro atoms. The molecule has 0 N–H and O–H groups in total. The normalized spacial score (nSPS) is 15.6. The summed E-state index contributed by atoms with van der Waals surface area (Å²) in [4.78, 5) is 40.9. The summed E-state index contributed by atoms with van der Waals surface area (Å²) >= 11 is 0. The number of fused-ring (bicyclic) bond motifs is 1. The van der Waals surface area contributed by atoms with Crippen LogP contribution in [0.1, 0.15) is 48.5 Å². The van der Waals surface area contributed by atoms with Gasteiger partial charge in [-0.15, -0.1) is 0 Å². The van der Waals surface area contributed by atoms with Gasteiger partial charge in [0.15, 0.2) is 6.61 Å². The number of carbonyl (C=O) groups is 3. The van der Waals surface area contributed by atoms with Crippen molar-refractivity contribution in [3.05, 3.63) is 59.7 Å². The summed E-state index contributed by atoms with van der Waals surface area (Å²) in [5.74, 6) is -0.173. The Kier molecular flexibility index (Phi) is 7.93. The summed E-state index contributed by atoms with van der Waals surface area (Å²) in [5.41, 5.74) is 1.73. The summed E-state index contributed by atoms with van der Waals surface area (Å²) in [7, 11) is -3.79. The lowest BCUT2D eigenvalue weighted by Gasteiger charge is -2.29. The van der Waals surface area contributed by atoms with Gasteiger partial charge in [-0.1, -0.05) is 31.2 Å². The van der Waals surface area contributed by atoms with Crippen LogP contribution >= 0.6 is 0 Å². The minimum absolute atomic E-state index is 0.0196. The second-order valence-corrected chi connectivity index (χ2v) is 11.0. The van der Waals surface area contributed by atoms with E-state index in [1.165, 1.54) is 0 Å². The molecule has 1 saturated heterocycles. The van der Waals surface area contributed by atoms with Gasteiger partial charge in [-0.05, 0) is 49.1 Å². The van der Waals surface area contributed by atoms with Crippen LogP contribution in [0.2, 0.25) is 0 Å². The molecule has 2 heterocycles. The molecule has 0 aliphatic carbocycles. The van der Waals surface area contributed by atoms with Crippen LogP contribution in [0.5, 0.6) is 5.75 Å². The Bertz CT molecular complexity index is 1230. The Hall–Kier alpha value is -3.40. The maximum absolute atomic E-state index is 13.3. The highest BCUT2D eigenvalue weighted by Crippen LogP contribution is 2.32. The third-order valence-electron chi connectivity index (χ3n) is 6.33. The van der Waals surface area contributed by atoms with Crippen molar-refractivity contribution >= 4 is 33.4 Å². The number of hydrogen-bond donors (Lipinski definition) is 0. The van der Waals surface area contributed by atoms with Gasteiger partial charge in [0.05, 0.1) is 18.0 Å². The number of ether oxygens (including phenoxy) is 1. The lowest BCUT2D eigenvalue weighted by Crippen LogP contribution is -2.40. The van der Waals surface area contributed by atoms with Crippen LogP contribution in [0.4, 0.5) is 5.69 Å². The lowest BCUT2D eigenvalue weighted by molar-refractivity contribution is -0.127. The molecule has 0 unspecified atom stereocenters. The zero-order valence-corrected chi connectivity index (χ0v) is 21.2. The molecule has 192 valence electrons. The summed E-state index contributed by atoms with van der Waals surface area (Å²) in [6.07, 6.45) is 2.11. The first-order chi connectivity index (χ1) is 17.3. The van der Waals surface area contributed by atoms with Crippen LogP contribution in [-0.4, -0.2) is 67.3 Å². The lowest BCUT2D eigenvalue weighted by atomic mass is 10.1. The van der Waals surface area contributed by atoms with Crippen molar-refractivity contribution in [3.8, 4) is 5.75 Å². The van der Waals surface area contributed by atoms with Crippen LogP contribution < -0.4 is 9.64 Å². The predicted molar refractivity (Wildman–Crippen MR) is 135 cm³/mol.